The number of hydrogen-bond donors (Lipinski definition) is 0. The molecule has 0 spiro atoms. The van der Waals surface area contributed by atoms with E-state index < -0.39 is 10.0 Å². The molecule has 1 aromatic heterocycles. The van der Waals surface area contributed by atoms with Crippen LogP contribution in [-0.2, 0) is 10.0 Å². The highest BCUT2D eigenvalue weighted by Crippen LogP contribution is 2.29. The third kappa shape index (κ3) is 3.32. The molecule has 3 aromatic rings. The highest BCUT2D eigenvalue weighted by molar-refractivity contribution is 7.90. The molecule has 0 saturated heterocycles. The van der Waals surface area contributed by atoms with Crippen LogP contribution in [0.3, 0.4) is 0 Å². The van der Waals surface area contributed by atoms with Crippen LogP contribution in [0.15, 0.2) is 53.6 Å². The van der Waals surface area contributed by atoms with E-state index in [1.807, 2.05) is 6.92 Å². The number of carbonyl (C=O) groups is 1. The molecule has 0 N–H and O–H groups in total. The minimum absolute atomic E-state index is 0.123. The number of Topliss-reactive ketones (excluding diaryl/α,β-unsaturated/α-hetero) is 1. The van der Waals surface area contributed by atoms with Crippen molar-refractivity contribution >= 4 is 49.9 Å². The third-order valence-electron chi connectivity index (χ3n) is 3.93. The molecule has 25 heavy (non-hydrogen) atoms. The van der Waals surface area contributed by atoms with Crippen molar-refractivity contribution in [2.45, 2.75) is 18.2 Å². The van der Waals surface area contributed by atoms with E-state index in [1.54, 1.807) is 42.5 Å². The number of fused-ring (bicyclic) bond motifs is 1. The largest absolute Gasteiger partial charge is 0.294 e. The number of halogens is 2. The first-order valence-corrected chi connectivity index (χ1v) is 9.92. The smallest absolute Gasteiger partial charge is 0.268 e. The molecule has 130 valence electrons. The Balaban J connectivity index is 2.26. The average Bonchev–Trinajstić information content (AvgIpc) is 2.95. The SMILES string of the molecule is Cc1ccc(S(=O)(=O)n2cc(C(=O)CCCl)c3cc(Cl)ccc32)cc1. The van der Waals surface area contributed by atoms with E-state index in [2.05, 4.69) is 0 Å². The predicted octanol–water partition coefficient (Wildman–Crippen LogP) is 4.65. The Hall–Kier alpha value is -1.82. The summed E-state index contributed by atoms with van der Waals surface area (Å²) in [6.45, 7) is 1.88. The summed E-state index contributed by atoms with van der Waals surface area (Å²) < 4.78 is 27.2. The zero-order chi connectivity index (χ0) is 18.2. The van der Waals surface area contributed by atoms with E-state index in [0.29, 0.717) is 21.5 Å². The van der Waals surface area contributed by atoms with Crippen LogP contribution in [0.1, 0.15) is 22.3 Å². The molecule has 4 nitrogen and oxygen atoms in total. The number of rotatable bonds is 5. The highest BCUT2D eigenvalue weighted by Gasteiger charge is 2.23. The number of aromatic nitrogens is 1. The maximum atomic E-state index is 13.0. The van der Waals surface area contributed by atoms with E-state index in [9.17, 15) is 13.2 Å². The first kappa shape index (κ1) is 18.0. The van der Waals surface area contributed by atoms with Gasteiger partial charge in [0, 0.05) is 34.5 Å². The van der Waals surface area contributed by atoms with Crippen molar-refractivity contribution in [2.24, 2.45) is 0 Å². The van der Waals surface area contributed by atoms with Gasteiger partial charge in [-0.1, -0.05) is 29.3 Å². The molecular formula is C18H15Cl2NO3S. The van der Waals surface area contributed by atoms with Crippen LogP contribution in [-0.4, -0.2) is 24.1 Å². The summed E-state index contributed by atoms with van der Waals surface area (Å²) in [5.74, 6) is -0.0586. The van der Waals surface area contributed by atoms with Crippen LogP contribution < -0.4 is 0 Å². The number of nitrogens with zero attached hydrogens (tertiary/aromatic N) is 1. The van der Waals surface area contributed by atoms with E-state index in [0.717, 1.165) is 9.54 Å². The first-order chi connectivity index (χ1) is 11.8. The topological polar surface area (TPSA) is 56.1 Å². The van der Waals surface area contributed by atoms with Crippen molar-refractivity contribution in [1.82, 2.24) is 3.97 Å². The Morgan fingerprint density at radius 3 is 2.44 bits per heavy atom. The van der Waals surface area contributed by atoms with Crippen molar-refractivity contribution in [3.63, 3.8) is 0 Å². The van der Waals surface area contributed by atoms with Gasteiger partial charge in [-0.05, 0) is 37.3 Å². The normalized spacial score (nSPS) is 11.8. The van der Waals surface area contributed by atoms with Crippen molar-refractivity contribution in [1.29, 1.82) is 0 Å². The molecule has 2 aromatic carbocycles. The summed E-state index contributed by atoms with van der Waals surface area (Å²) in [6, 6.07) is 11.4. The number of ketones is 1. The standard InChI is InChI=1S/C18H15Cl2NO3S/c1-12-2-5-14(6-3-12)25(23,24)21-11-16(18(22)8-9-19)15-10-13(20)4-7-17(15)21/h2-7,10-11H,8-9H2,1H3. The summed E-state index contributed by atoms with van der Waals surface area (Å²) in [7, 11) is -3.83. The minimum Gasteiger partial charge on any atom is -0.294 e. The average molecular weight is 396 g/mol. The molecule has 0 unspecified atom stereocenters. The zero-order valence-corrected chi connectivity index (χ0v) is 15.7. The summed E-state index contributed by atoms with van der Waals surface area (Å²) >= 11 is 11.7. The van der Waals surface area contributed by atoms with Gasteiger partial charge in [0.15, 0.2) is 5.78 Å². The molecule has 0 bridgehead atoms. The number of hydrogen-bond acceptors (Lipinski definition) is 3. The van der Waals surface area contributed by atoms with Gasteiger partial charge in [0.25, 0.3) is 10.0 Å². The maximum Gasteiger partial charge on any atom is 0.268 e. The Morgan fingerprint density at radius 1 is 1.12 bits per heavy atom. The summed E-state index contributed by atoms with van der Waals surface area (Å²) in [5.41, 5.74) is 1.66. The molecular weight excluding hydrogens is 381 g/mol. The molecule has 0 fully saturated rings. The molecule has 0 saturated carbocycles. The molecule has 0 aliphatic carbocycles. The fraction of sp³-hybridized carbons (Fsp3) is 0.167. The van der Waals surface area contributed by atoms with Gasteiger partial charge in [0.2, 0.25) is 0 Å². The Morgan fingerprint density at radius 2 is 1.80 bits per heavy atom. The highest BCUT2D eigenvalue weighted by atomic mass is 35.5. The quantitative estimate of drug-likeness (QED) is 0.466. The second-order valence-electron chi connectivity index (χ2n) is 5.68. The van der Waals surface area contributed by atoms with Gasteiger partial charge in [0.1, 0.15) is 0 Å². The molecule has 1 heterocycles. The molecule has 0 aliphatic rings. The van der Waals surface area contributed by atoms with Gasteiger partial charge in [-0.15, -0.1) is 11.6 Å². The second kappa shape index (κ2) is 6.83. The van der Waals surface area contributed by atoms with Crippen LogP contribution in [0.25, 0.3) is 10.9 Å². The van der Waals surface area contributed by atoms with Crippen LogP contribution in [0, 0.1) is 6.92 Å². The fourth-order valence-electron chi connectivity index (χ4n) is 2.64. The van der Waals surface area contributed by atoms with Crippen LogP contribution in [0.4, 0.5) is 0 Å². The lowest BCUT2D eigenvalue weighted by Gasteiger charge is -2.08. The molecule has 7 heteroatoms. The van der Waals surface area contributed by atoms with Crippen LogP contribution >= 0.6 is 23.2 Å². The van der Waals surface area contributed by atoms with E-state index in [-0.39, 0.29) is 23.0 Å². The van der Waals surface area contributed by atoms with Gasteiger partial charge in [-0.3, -0.25) is 4.79 Å². The molecule has 0 radical (unpaired) electrons. The Kier molecular flexibility index (Phi) is 4.91. The van der Waals surface area contributed by atoms with Crippen molar-refractivity contribution in [3.05, 3.63) is 64.8 Å². The Labute approximate surface area is 156 Å². The number of carbonyl (C=O) groups excluding carboxylic acids is 1. The lowest BCUT2D eigenvalue weighted by atomic mass is 10.1. The molecule has 0 amide bonds. The van der Waals surface area contributed by atoms with E-state index >= 15 is 0 Å². The van der Waals surface area contributed by atoms with Crippen molar-refractivity contribution in [3.8, 4) is 0 Å². The Bertz CT molecular complexity index is 1050. The molecule has 0 aliphatic heterocycles. The van der Waals surface area contributed by atoms with Crippen LogP contribution in [0.2, 0.25) is 5.02 Å². The second-order valence-corrected chi connectivity index (χ2v) is 8.31. The lowest BCUT2D eigenvalue weighted by Crippen LogP contribution is -2.12. The number of aryl methyl sites for hydroxylation is 1. The van der Waals surface area contributed by atoms with Crippen molar-refractivity contribution in [2.75, 3.05) is 5.88 Å². The zero-order valence-electron chi connectivity index (χ0n) is 13.4. The van der Waals surface area contributed by atoms with Crippen LogP contribution in [0.5, 0.6) is 0 Å². The van der Waals surface area contributed by atoms with E-state index in [4.69, 9.17) is 23.2 Å². The molecule has 0 atom stereocenters. The van der Waals surface area contributed by atoms with Gasteiger partial charge in [-0.2, -0.15) is 0 Å². The summed E-state index contributed by atoms with van der Waals surface area (Å²) in [4.78, 5) is 12.5. The third-order valence-corrected chi connectivity index (χ3v) is 6.04. The monoisotopic (exact) mass is 395 g/mol. The maximum absolute atomic E-state index is 13.0. The fourth-order valence-corrected chi connectivity index (χ4v) is 4.35. The van der Waals surface area contributed by atoms with Crippen molar-refractivity contribution < 1.29 is 13.2 Å². The first-order valence-electron chi connectivity index (χ1n) is 7.56. The number of benzene rings is 2. The summed E-state index contributed by atoms with van der Waals surface area (Å²) in [6.07, 6.45) is 1.48. The van der Waals surface area contributed by atoms with Gasteiger partial charge < -0.3 is 0 Å². The number of alkyl halides is 1. The van der Waals surface area contributed by atoms with Gasteiger partial charge in [0.05, 0.1) is 10.4 Å². The molecule has 3 rings (SSSR count). The van der Waals surface area contributed by atoms with E-state index in [1.165, 1.54) is 6.20 Å². The minimum atomic E-state index is -3.83. The summed E-state index contributed by atoms with van der Waals surface area (Å²) in [5, 5.41) is 0.927. The van der Waals surface area contributed by atoms with Gasteiger partial charge in [-0.25, -0.2) is 12.4 Å². The predicted molar refractivity (Wildman–Crippen MR) is 100 cm³/mol. The van der Waals surface area contributed by atoms with Gasteiger partial charge >= 0.3 is 0 Å². The lowest BCUT2D eigenvalue weighted by molar-refractivity contribution is 0.0991.